The van der Waals surface area contributed by atoms with E-state index in [4.69, 9.17) is 0 Å². The van der Waals surface area contributed by atoms with Crippen molar-refractivity contribution < 1.29 is 9.59 Å². The van der Waals surface area contributed by atoms with E-state index in [9.17, 15) is 9.59 Å². The Morgan fingerprint density at radius 3 is 2.77 bits per heavy atom. The average molecular weight is 181 g/mol. The van der Waals surface area contributed by atoms with Crippen molar-refractivity contribution in [2.24, 2.45) is 5.92 Å². The summed E-state index contributed by atoms with van der Waals surface area (Å²) in [6.07, 6.45) is 4.04. The van der Waals surface area contributed by atoms with Crippen LogP contribution >= 0.6 is 0 Å². The first kappa shape index (κ1) is 8.73. The minimum atomic E-state index is 0.149. The van der Waals surface area contributed by atoms with Gasteiger partial charge < -0.3 is 4.90 Å². The number of hydrogen-bond donors (Lipinski definition) is 0. The van der Waals surface area contributed by atoms with Gasteiger partial charge in [0.15, 0.2) is 0 Å². The van der Waals surface area contributed by atoms with Crippen LogP contribution < -0.4 is 0 Å². The predicted octanol–water partition coefficient (Wildman–Crippen LogP) is 0.976. The third kappa shape index (κ3) is 1.36. The number of fused-ring (bicyclic) bond motifs is 1. The predicted molar refractivity (Wildman–Crippen MR) is 48.1 cm³/mol. The number of hydrogen-bond acceptors (Lipinski definition) is 2. The maximum Gasteiger partial charge on any atom is 0.222 e. The lowest BCUT2D eigenvalue weighted by Gasteiger charge is -2.40. The van der Waals surface area contributed by atoms with Crippen molar-refractivity contribution in [3.05, 3.63) is 0 Å². The molecule has 0 bridgehead atoms. The first-order valence-electron chi connectivity index (χ1n) is 4.98. The smallest absolute Gasteiger partial charge is 0.222 e. The number of rotatable bonds is 0. The molecule has 2 aliphatic rings. The minimum Gasteiger partial charge on any atom is -0.342 e. The molecule has 0 N–H and O–H groups in total. The van der Waals surface area contributed by atoms with Gasteiger partial charge in [-0.15, -0.1) is 0 Å². The SMILES string of the molecule is CN1C(=O)CCC2C(=O)CCCC21. The molecule has 3 nitrogen and oxygen atoms in total. The number of carbonyl (C=O) groups excluding carboxylic acids is 2. The standard InChI is InChI=1S/C10H15NO2/c1-11-8-3-2-4-9(12)7(8)5-6-10(11)13/h7-8H,2-6H2,1H3. The summed E-state index contributed by atoms with van der Waals surface area (Å²) < 4.78 is 0. The van der Waals surface area contributed by atoms with Crippen molar-refractivity contribution in [3.8, 4) is 0 Å². The molecular weight excluding hydrogens is 166 g/mol. The van der Waals surface area contributed by atoms with Gasteiger partial charge in [0.25, 0.3) is 0 Å². The van der Waals surface area contributed by atoms with Crippen LogP contribution in [0.4, 0.5) is 0 Å². The first-order chi connectivity index (χ1) is 6.20. The zero-order valence-electron chi connectivity index (χ0n) is 7.95. The summed E-state index contributed by atoms with van der Waals surface area (Å²) in [7, 11) is 1.83. The van der Waals surface area contributed by atoms with Crippen molar-refractivity contribution in [2.45, 2.75) is 38.1 Å². The molecule has 0 aromatic rings. The van der Waals surface area contributed by atoms with E-state index in [1.54, 1.807) is 4.90 Å². The highest BCUT2D eigenvalue weighted by atomic mass is 16.2. The van der Waals surface area contributed by atoms with Crippen molar-refractivity contribution in [1.82, 2.24) is 4.90 Å². The molecule has 2 fully saturated rings. The molecule has 1 aliphatic heterocycles. The summed E-state index contributed by atoms with van der Waals surface area (Å²) in [5, 5.41) is 0. The van der Waals surface area contributed by atoms with E-state index in [1.165, 1.54) is 0 Å². The Hall–Kier alpha value is -0.860. The van der Waals surface area contributed by atoms with Crippen molar-refractivity contribution in [3.63, 3.8) is 0 Å². The molecule has 2 rings (SSSR count). The summed E-state index contributed by atoms with van der Waals surface area (Å²) in [6, 6.07) is 0.211. The normalized spacial score (nSPS) is 34.7. The molecule has 1 saturated heterocycles. The van der Waals surface area contributed by atoms with Gasteiger partial charge >= 0.3 is 0 Å². The fraction of sp³-hybridized carbons (Fsp3) is 0.800. The molecule has 0 radical (unpaired) electrons. The van der Waals surface area contributed by atoms with Gasteiger partial charge in [-0.2, -0.15) is 0 Å². The van der Waals surface area contributed by atoms with Crippen LogP contribution in [0.25, 0.3) is 0 Å². The highest BCUT2D eigenvalue weighted by molar-refractivity contribution is 5.86. The van der Waals surface area contributed by atoms with E-state index in [0.29, 0.717) is 12.2 Å². The average Bonchev–Trinajstić information content (AvgIpc) is 2.12. The summed E-state index contributed by atoms with van der Waals surface area (Å²) in [6.45, 7) is 0. The largest absolute Gasteiger partial charge is 0.342 e. The fourth-order valence-corrected chi connectivity index (χ4v) is 2.54. The van der Waals surface area contributed by atoms with Gasteiger partial charge in [-0.1, -0.05) is 0 Å². The van der Waals surface area contributed by atoms with Crippen molar-refractivity contribution in [1.29, 1.82) is 0 Å². The highest BCUT2D eigenvalue weighted by Gasteiger charge is 2.39. The van der Waals surface area contributed by atoms with Gasteiger partial charge in [-0.3, -0.25) is 9.59 Å². The van der Waals surface area contributed by atoms with E-state index in [2.05, 4.69) is 0 Å². The molecule has 0 aromatic heterocycles. The topological polar surface area (TPSA) is 37.4 Å². The molecule has 3 heteroatoms. The van der Waals surface area contributed by atoms with Gasteiger partial charge in [0.2, 0.25) is 5.91 Å². The molecule has 2 atom stereocenters. The van der Waals surface area contributed by atoms with E-state index < -0.39 is 0 Å². The Morgan fingerprint density at radius 2 is 2.00 bits per heavy atom. The summed E-state index contributed by atoms with van der Waals surface area (Å²) in [4.78, 5) is 24.7. The number of Topliss-reactive ketones (excluding diaryl/α,β-unsaturated/α-hetero) is 1. The van der Waals surface area contributed by atoms with Gasteiger partial charge in [-0.05, 0) is 19.3 Å². The lowest BCUT2D eigenvalue weighted by atomic mass is 9.77. The molecule has 13 heavy (non-hydrogen) atoms. The van der Waals surface area contributed by atoms with E-state index in [1.807, 2.05) is 7.05 Å². The van der Waals surface area contributed by atoms with Crippen LogP contribution in [0.15, 0.2) is 0 Å². The summed E-state index contributed by atoms with van der Waals surface area (Å²) in [5.74, 6) is 0.725. The van der Waals surface area contributed by atoms with Crippen LogP contribution in [-0.2, 0) is 9.59 Å². The van der Waals surface area contributed by atoms with Crippen LogP contribution in [0.5, 0.6) is 0 Å². The Kier molecular flexibility index (Phi) is 2.10. The maximum absolute atomic E-state index is 11.5. The maximum atomic E-state index is 11.5. The first-order valence-corrected chi connectivity index (χ1v) is 4.98. The quantitative estimate of drug-likeness (QED) is 0.558. The van der Waals surface area contributed by atoms with Gasteiger partial charge in [0, 0.05) is 31.8 Å². The lowest BCUT2D eigenvalue weighted by molar-refractivity contribution is -0.142. The van der Waals surface area contributed by atoms with Crippen molar-refractivity contribution in [2.75, 3.05) is 7.05 Å². The number of carbonyl (C=O) groups is 2. The monoisotopic (exact) mass is 181 g/mol. The summed E-state index contributed by atoms with van der Waals surface area (Å²) in [5.41, 5.74) is 0. The fourth-order valence-electron chi connectivity index (χ4n) is 2.54. The second kappa shape index (κ2) is 3.13. The molecule has 1 saturated carbocycles. The number of likely N-dealkylation sites (tertiary alicyclic amines) is 1. The van der Waals surface area contributed by atoms with E-state index in [0.717, 1.165) is 25.7 Å². The number of nitrogens with zero attached hydrogens (tertiary/aromatic N) is 1. The minimum absolute atomic E-state index is 0.149. The molecule has 0 aromatic carbocycles. The Labute approximate surface area is 78.1 Å². The highest BCUT2D eigenvalue weighted by Crippen LogP contribution is 2.32. The Balaban J connectivity index is 2.17. The van der Waals surface area contributed by atoms with Crippen LogP contribution in [-0.4, -0.2) is 29.7 Å². The van der Waals surface area contributed by atoms with Gasteiger partial charge in [0.05, 0.1) is 0 Å². The third-order valence-electron chi connectivity index (χ3n) is 3.36. The van der Waals surface area contributed by atoms with Gasteiger partial charge in [0.1, 0.15) is 5.78 Å². The molecular formula is C10H15NO2. The molecule has 2 unspecified atom stereocenters. The second-order valence-corrected chi connectivity index (χ2v) is 4.08. The van der Waals surface area contributed by atoms with Gasteiger partial charge in [-0.25, -0.2) is 0 Å². The third-order valence-corrected chi connectivity index (χ3v) is 3.36. The van der Waals surface area contributed by atoms with Crippen molar-refractivity contribution >= 4 is 11.7 Å². The van der Waals surface area contributed by atoms with Crippen LogP contribution in [0.3, 0.4) is 0 Å². The van der Waals surface area contributed by atoms with Crippen LogP contribution in [0, 0.1) is 5.92 Å². The Morgan fingerprint density at radius 1 is 1.23 bits per heavy atom. The zero-order chi connectivity index (χ0) is 9.42. The summed E-state index contributed by atoms with van der Waals surface area (Å²) >= 11 is 0. The molecule has 0 spiro atoms. The van der Waals surface area contributed by atoms with Crippen LogP contribution in [0.1, 0.15) is 32.1 Å². The number of piperidine rings is 1. The lowest BCUT2D eigenvalue weighted by Crippen LogP contribution is -2.50. The zero-order valence-corrected chi connectivity index (χ0v) is 7.95. The van der Waals surface area contributed by atoms with E-state index >= 15 is 0 Å². The number of amides is 1. The molecule has 1 aliphatic carbocycles. The second-order valence-electron chi connectivity index (χ2n) is 4.08. The molecule has 1 heterocycles. The van der Waals surface area contributed by atoms with E-state index in [-0.39, 0.29) is 17.9 Å². The van der Waals surface area contributed by atoms with Crippen LogP contribution in [0.2, 0.25) is 0 Å². The molecule has 72 valence electrons. The Bertz CT molecular complexity index is 249. The molecule has 1 amide bonds. The number of ketones is 1.